The van der Waals surface area contributed by atoms with E-state index in [1.807, 2.05) is 62.4 Å². The van der Waals surface area contributed by atoms with Crippen molar-refractivity contribution in [1.29, 1.82) is 0 Å². The van der Waals surface area contributed by atoms with Crippen LogP contribution in [0.3, 0.4) is 0 Å². The normalized spacial score (nSPS) is 10.9. The monoisotopic (exact) mass is 416 g/mol. The molecular weight excluding hydrogens is 392 g/mol. The molecule has 0 saturated heterocycles. The molecule has 7 heteroatoms. The summed E-state index contributed by atoms with van der Waals surface area (Å²) >= 11 is 0. The fourth-order valence-corrected chi connectivity index (χ4v) is 3.38. The van der Waals surface area contributed by atoms with Crippen LogP contribution in [0.4, 0.5) is 16.2 Å². The molecule has 3 N–H and O–H groups in total. The molecule has 3 aromatic carbocycles. The summed E-state index contributed by atoms with van der Waals surface area (Å²) in [4.78, 5) is 24.9. The maximum absolute atomic E-state index is 12.4. The Balaban J connectivity index is 1.48. The first kappa shape index (κ1) is 20.3. The van der Waals surface area contributed by atoms with Gasteiger partial charge < -0.3 is 15.4 Å². The number of amides is 2. The number of aromatic amines is 1. The Kier molecular flexibility index (Phi) is 5.75. The third kappa shape index (κ3) is 4.95. The van der Waals surface area contributed by atoms with Crippen LogP contribution in [0.1, 0.15) is 19.4 Å². The second kappa shape index (κ2) is 8.79. The highest BCUT2D eigenvalue weighted by Crippen LogP contribution is 2.20. The average molecular weight is 416 g/mol. The summed E-state index contributed by atoms with van der Waals surface area (Å²) in [7, 11) is 0. The molecule has 0 aliphatic carbocycles. The van der Waals surface area contributed by atoms with Crippen molar-refractivity contribution in [3.8, 4) is 5.75 Å². The van der Waals surface area contributed by atoms with Crippen LogP contribution in [0.15, 0.2) is 77.6 Å². The topological polar surface area (TPSA) is 88.2 Å². The van der Waals surface area contributed by atoms with Gasteiger partial charge in [0.1, 0.15) is 5.75 Å². The van der Waals surface area contributed by atoms with E-state index < -0.39 is 6.03 Å². The largest absolute Gasteiger partial charge is 0.491 e. The van der Waals surface area contributed by atoms with Crippen LogP contribution in [-0.2, 0) is 6.54 Å². The molecule has 0 bridgehead atoms. The lowest BCUT2D eigenvalue weighted by Crippen LogP contribution is -2.19. The van der Waals surface area contributed by atoms with E-state index in [4.69, 9.17) is 4.74 Å². The molecule has 1 aromatic heterocycles. The smallest absolute Gasteiger partial charge is 0.323 e. The lowest BCUT2D eigenvalue weighted by Gasteiger charge is -2.12. The molecule has 7 nitrogen and oxygen atoms in total. The van der Waals surface area contributed by atoms with E-state index in [-0.39, 0.29) is 11.7 Å². The molecule has 4 rings (SSSR count). The molecule has 0 aliphatic rings. The number of nitrogens with one attached hydrogen (secondary N) is 3. The van der Waals surface area contributed by atoms with Gasteiger partial charge in [0.15, 0.2) is 0 Å². The summed E-state index contributed by atoms with van der Waals surface area (Å²) in [6, 6.07) is 22.0. The Morgan fingerprint density at radius 1 is 0.968 bits per heavy atom. The van der Waals surface area contributed by atoms with Crippen molar-refractivity contribution in [2.75, 3.05) is 10.6 Å². The van der Waals surface area contributed by atoms with Gasteiger partial charge in [0, 0.05) is 17.4 Å². The number of H-pyrrole nitrogens is 1. The van der Waals surface area contributed by atoms with Gasteiger partial charge in [-0.3, -0.25) is 14.6 Å². The van der Waals surface area contributed by atoms with Crippen molar-refractivity contribution in [2.45, 2.75) is 26.5 Å². The van der Waals surface area contributed by atoms with Crippen LogP contribution in [0.5, 0.6) is 5.75 Å². The standard InChI is InChI=1S/C24H24N4O3/c1-16(2)31-20-10-6-9-18(13-20)25-24(30)26-19-11-12-22-21(14-19)23(29)27-28(22)15-17-7-4-3-5-8-17/h3-14,16H,15H2,1-2H3,(H,27,29)(H2,25,26,30). The zero-order valence-electron chi connectivity index (χ0n) is 17.4. The number of hydrogen-bond donors (Lipinski definition) is 3. The Morgan fingerprint density at radius 3 is 2.45 bits per heavy atom. The highest BCUT2D eigenvalue weighted by molar-refractivity contribution is 6.01. The van der Waals surface area contributed by atoms with Crippen molar-refractivity contribution in [2.24, 2.45) is 0 Å². The Morgan fingerprint density at radius 2 is 1.71 bits per heavy atom. The minimum atomic E-state index is -0.402. The van der Waals surface area contributed by atoms with Crippen molar-refractivity contribution >= 4 is 28.3 Å². The van der Waals surface area contributed by atoms with Gasteiger partial charge >= 0.3 is 6.03 Å². The van der Waals surface area contributed by atoms with E-state index in [9.17, 15) is 9.59 Å². The maximum atomic E-state index is 12.4. The molecule has 0 atom stereocenters. The highest BCUT2D eigenvalue weighted by atomic mass is 16.5. The first-order chi connectivity index (χ1) is 15.0. The van der Waals surface area contributed by atoms with Crippen molar-refractivity contribution in [3.63, 3.8) is 0 Å². The van der Waals surface area contributed by atoms with Crippen LogP contribution in [0.25, 0.3) is 10.9 Å². The number of nitrogens with zero attached hydrogens (tertiary/aromatic N) is 1. The molecule has 31 heavy (non-hydrogen) atoms. The van der Waals surface area contributed by atoms with Crippen LogP contribution >= 0.6 is 0 Å². The summed E-state index contributed by atoms with van der Waals surface area (Å²) in [5.41, 5.74) is 2.80. The number of hydrogen-bond acceptors (Lipinski definition) is 3. The zero-order valence-corrected chi connectivity index (χ0v) is 17.4. The lowest BCUT2D eigenvalue weighted by atomic mass is 10.2. The Labute approximate surface area is 179 Å². The van der Waals surface area contributed by atoms with Gasteiger partial charge in [-0.05, 0) is 49.7 Å². The minimum Gasteiger partial charge on any atom is -0.491 e. The van der Waals surface area contributed by atoms with Gasteiger partial charge in [-0.2, -0.15) is 0 Å². The molecule has 0 aliphatic heterocycles. The summed E-state index contributed by atoms with van der Waals surface area (Å²) in [6.45, 7) is 4.44. The van der Waals surface area contributed by atoms with Gasteiger partial charge in [-0.25, -0.2) is 4.79 Å². The van der Waals surface area contributed by atoms with E-state index in [1.54, 1.807) is 28.9 Å². The van der Waals surface area contributed by atoms with Crippen molar-refractivity contribution in [1.82, 2.24) is 9.78 Å². The quantitative estimate of drug-likeness (QED) is 0.421. The molecule has 0 saturated carbocycles. The summed E-state index contributed by atoms with van der Waals surface area (Å²) in [6.07, 6.45) is 0.0445. The highest BCUT2D eigenvalue weighted by Gasteiger charge is 2.10. The van der Waals surface area contributed by atoms with Crippen LogP contribution in [-0.4, -0.2) is 21.9 Å². The molecule has 0 unspecified atom stereocenters. The number of aromatic nitrogens is 2. The van der Waals surface area contributed by atoms with E-state index in [0.29, 0.717) is 29.1 Å². The number of ether oxygens (including phenoxy) is 1. The fourth-order valence-electron chi connectivity index (χ4n) is 3.38. The predicted molar refractivity (Wildman–Crippen MR) is 123 cm³/mol. The number of fused-ring (bicyclic) bond motifs is 1. The third-order valence-corrected chi connectivity index (χ3v) is 4.67. The lowest BCUT2D eigenvalue weighted by molar-refractivity contribution is 0.242. The van der Waals surface area contributed by atoms with Gasteiger partial charge in [-0.1, -0.05) is 36.4 Å². The molecule has 2 amide bonds. The van der Waals surface area contributed by atoms with E-state index in [0.717, 1.165) is 11.1 Å². The Bertz CT molecular complexity index is 1260. The number of anilines is 2. The number of carbonyl (C=O) groups is 1. The molecule has 0 spiro atoms. The number of benzene rings is 3. The number of rotatable bonds is 6. The maximum Gasteiger partial charge on any atom is 0.323 e. The molecule has 158 valence electrons. The van der Waals surface area contributed by atoms with E-state index >= 15 is 0 Å². The molecular formula is C24H24N4O3. The number of urea groups is 1. The van der Waals surface area contributed by atoms with Gasteiger partial charge in [0.2, 0.25) is 0 Å². The van der Waals surface area contributed by atoms with Crippen LogP contribution in [0, 0.1) is 0 Å². The van der Waals surface area contributed by atoms with Gasteiger partial charge in [-0.15, -0.1) is 0 Å². The Hall–Kier alpha value is -4.00. The molecule has 4 aromatic rings. The summed E-state index contributed by atoms with van der Waals surface area (Å²) in [5.74, 6) is 0.681. The minimum absolute atomic E-state index is 0.0445. The third-order valence-electron chi connectivity index (χ3n) is 4.67. The first-order valence-electron chi connectivity index (χ1n) is 10.1. The summed E-state index contributed by atoms with van der Waals surface area (Å²) < 4.78 is 7.45. The average Bonchev–Trinajstić information content (AvgIpc) is 3.03. The van der Waals surface area contributed by atoms with Crippen molar-refractivity contribution in [3.05, 3.63) is 88.7 Å². The van der Waals surface area contributed by atoms with Gasteiger partial charge in [0.25, 0.3) is 5.56 Å². The first-order valence-corrected chi connectivity index (χ1v) is 10.1. The summed E-state index contributed by atoms with van der Waals surface area (Å²) in [5, 5.41) is 8.94. The molecule has 0 fully saturated rings. The second-order valence-corrected chi connectivity index (χ2v) is 7.52. The molecule has 0 radical (unpaired) electrons. The van der Waals surface area contributed by atoms with Crippen LogP contribution < -0.4 is 20.9 Å². The van der Waals surface area contributed by atoms with E-state index in [2.05, 4.69) is 15.7 Å². The van der Waals surface area contributed by atoms with Crippen molar-refractivity contribution < 1.29 is 9.53 Å². The predicted octanol–water partition coefficient (Wildman–Crippen LogP) is 4.81. The second-order valence-electron chi connectivity index (χ2n) is 7.52. The fraction of sp³-hybridized carbons (Fsp3) is 0.167. The van der Waals surface area contributed by atoms with Crippen LogP contribution in [0.2, 0.25) is 0 Å². The van der Waals surface area contributed by atoms with Gasteiger partial charge in [0.05, 0.1) is 23.6 Å². The number of carbonyl (C=O) groups excluding carboxylic acids is 1. The SMILES string of the molecule is CC(C)Oc1cccc(NC(=O)Nc2ccc3c(c2)c(=O)[nH]n3Cc2ccccc2)c1. The zero-order chi connectivity index (χ0) is 21.8. The van der Waals surface area contributed by atoms with E-state index in [1.165, 1.54) is 0 Å². The molecule has 1 heterocycles.